The van der Waals surface area contributed by atoms with E-state index >= 15 is 0 Å². The van der Waals surface area contributed by atoms with Gasteiger partial charge in [0, 0.05) is 36.8 Å². The number of aromatic hydroxyl groups is 1. The lowest BCUT2D eigenvalue weighted by molar-refractivity contribution is 0.101. The number of phenolic OH excluding ortho intramolecular Hbond substituents is 1. The number of fused-ring (bicyclic) bond motifs is 1. The number of halogens is 2. The Morgan fingerprint density at radius 2 is 1.97 bits per heavy atom. The third-order valence-corrected chi connectivity index (χ3v) is 7.91. The maximum absolute atomic E-state index is 14.2. The van der Waals surface area contributed by atoms with Crippen LogP contribution in [0.1, 0.15) is 49.4 Å². The molecule has 1 unspecified atom stereocenters. The van der Waals surface area contributed by atoms with Gasteiger partial charge in [0.15, 0.2) is 17.3 Å². The SMILES string of the molecule is CC(=O)c1cnc2ccc(-c3cc(F)c(O)c(Cl)c3)cc2c1NC1CCC(CN2CCC(N)C2)CC1. The fraction of sp³-hybridized carbons (Fsp3) is 0.429. The Morgan fingerprint density at radius 1 is 1.19 bits per heavy atom. The number of ketones is 1. The monoisotopic (exact) mass is 510 g/mol. The van der Waals surface area contributed by atoms with Crippen molar-refractivity contribution in [3.05, 3.63) is 52.9 Å². The Labute approximate surface area is 215 Å². The normalized spacial score (nSPS) is 22.7. The van der Waals surface area contributed by atoms with Crippen LogP contribution in [0.3, 0.4) is 0 Å². The van der Waals surface area contributed by atoms with Gasteiger partial charge in [-0.3, -0.25) is 9.78 Å². The lowest BCUT2D eigenvalue weighted by Crippen LogP contribution is -2.34. The van der Waals surface area contributed by atoms with Crippen LogP contribution in [0.15, 0.2) is 36.5 Å². The summed E-state index contributed by atoms with van der Waals surface area (Å²) >= 11 is 6.02. The minimum atomic E-state index is -0.778. The number of anilines is 1. The van der Waals surface area contributed by atoms with Gasteiger partial charge in [-0.05, 0) is 86.9 Å². The molecule has 190 valence electrons. The van der Waals surface area contributed by atoms with Crippen molar-refractivity contribution in [1.29, 1.82) is 0 Å². The molecule has 1 aliphatic heterocycles. The molecule has 2 heterocycles. The van der Waals surface area contributed by atoms with E-state index in [0.717, 1.165) is 73.9 Å². The third kappa shape index (κ3) is 5.19. The van der Waals surface area contributed by atoms with Gasteiger partial charge in [-0.15, -0.1) is 0 Å². The molecule has 3 aromatic rings. The number of Topliss-reactive ketones (excluding diaryl/α,β-unsaturated/α-hetero) is 1. The number of nitrogens with one attached hydrogen (secondary N) is 1. The molecule has 6 nitrogen and oxygen atoms in total. The van der Waals surface area contributed by atoms with Crippen LogP contribution in [-0.2, 0) is 0 Å². The molecule has 2 aliphatic rings. The molecule has 0 amide bonds. The first-order chi connectivity index (χ1) is 17.3. The Hall–Kier alpha value is -2.74. The second kappa shape index (κ2) is 10.3. The Balaban J connectivity index is 1.40. The van der Waals surface area contributed by atoms with Crippen LogP contribution >= 0.6 is 11.6 Å². The number of likely N-dealkylation sites (tertiary alicyclic amines) is 1. The molecule has 5 rings (SSSR count). The van der Waals surface area contributed by atoms with Crippen LogP contribution in [-0.4, -0.2) is 52.5 Å². The maximum atomic E-state index is 14.2. The highest BCUT2D eigenvalue weighted by molar-refractivity contribution is 6.32. The van der Waals surface area contributed by atoms with Crippen molar-refractivity contribution in [2.75, 3.05) is 25.0 Å². The van der Waals surface area contributed by atoms with Gasteiger partial charge in [0.1, 0.15) is 0 Å². The molecule has 4 N–H and O–H groups in total. The highest BCUT2D eigenvalue weighted by Gasteiger charge is 2.27. The fourth-order valence-electron chi connectivity index (χ4n) is 5.61. The van der Waals surface area contributed by atoms with E-state index in [1.807, 2.05) is 18.2 Å². The molecular weight excluding hydrogens is 479 g/mol. The third-order valence-electron chi connectivity index (χ3n) is 7.62. The average Bonchev–Trinajstić information content (AvgIpc) is 3.27. The number of carbonyl (C=O) groups is 1. The van der Waals surface area contributed by atoms with E-state index in [4.69, 9.17) is 17.3 Å². The molecule has 2 fully saturated rings. The molecule has 1 atom stereocenters. The molecule has 1 aliphatic carbocycles. The Bertz CT molecular complexity index is 1270. The lowest BCUT2D eigenvalue weighted by atomic mass is 9.85. The van der Waals surface area contributed by atoms with E-state index in [1.165, 1.54) is 12.1 Å². The fourth-order valence-corrected chi connectivity index (χ4v) is 5.82. The quantitative estimate of drug-likeness (QED) is 0.373. The number of hydrogen-bond acceptors (Lipinski definition) is 6. The summed E-state index contributed by atoms with van der Waals surface area (Å²) in [6.07, 6.45) is 7.06. The molecule has 0 radical (unpaired) electrons. The van der Waals surface area contributed by atoms with Crippen LogP contribution in [0.4, 0.5) is 10.1 Å². The molecular formula is C28H32ClFN4O2. The standard InChI is InChI=1S/C28H32ClFN4O2/c1-16(35)23-13-32-26-7-4-18(19-11-24(29)28(36)25(30)12-19)10-22(26)27(23)33-21-5-2-17(3-6-21)14-34-9-8-20(31)15-34/h4,7,10-13,17,20-21,36H,2-3,5-6,8-9,14-15,31H2,1H3,(H,32,33). The second-order valence-corrected chi connectivity index (χ2v) is 10.7. The van der Waals surface area contributed by atoms with Crippen LogP contribution in [0.2, 0.25) is 5.02 Å². The van der Waals surface area contributed by atoms with Gasteiger partial charge in [-0.25, -0.2) is 4.39 Å². The van der Waals surface area contributed by atoms with Gasteiger partial charge < -0.3 is 21.1 Å². The van der Waals surface area contributed by atoms with Crippen molar-refractivity contribution in [3.63, 3.8) is 0 Å². The maximum Gasteiger partial charge on any atom is 0.170 e. The largest absolute Gasteiger partial charge is 0.504 e. The summed E-state index contributed by atoms with van der Waals surface area (Å²) in [4.78, 5) is 19.5. The molecule has 8 heteroatoms. The van der Waals surface area contributed by atoms with Crippen LogP contribution < -0.4 is 11.1 Å². The van der Waals surface area contributed by atoms with E-state index in [1.54, 1.807) is 13.1 Å². The first-order valence-corrected chi connectivity index (χ1v) is 13.0. The van der Waals surface area contributed by atoms with Crippen molar-refractivity contribution in [2.24, 2.45) is 11.7 Å². The zero-order valence-electron chi connectivity index (χ0n) is 20.4. The summed E-state index contributed by atoms with van der Waals surface area (Å²) in [5.74, 6) is -0.725. The van der Waals surface area contributed by atoms with Crippen molar-refractivity contribution in [3.8, 4) is 16.9 Å². The lowest BCUT2D eigenvalue weighted by Gasteiger charge is -2.32. The number of phenols is 1. The first kappa shape index (κ1) is 24.9. The predicted octanol–water partition coefficient (Wildman–Crippen LogP) is 5.61. The molecule has 0 spiro atoms. The van der Waals surface area contributed by atoms with E-state index in [-0.39, 0.29) is 16.8 Å². The van der Waals surface area contributed by atoms with Crippen LogP contribution in [0.5, 0.6) is 5.75 Å². The van der Waals surface area contributed by atoms with E-state index < -0.39 is 11.6 Å². The summed E-state index contributed by atoms with van der Waals surface area (Å²) in [7, 11) is 0. The molecule has 36 heavy (non-hydrogen) atoms. The summed E-state index contributed by atoms with van der Waals surface area (Å²) < 4.78 is 14.2. The van der Waals surface area contributed by atoms with Crippen molar-refractivity contribution < 1.29 is 14.3 Å². The second-order valence-electron chi connectivity index (χ2n) is 10.3. The van der Waals surface area contributed by atoms with E-state index in [0.29, 0.717) is 23.1 Å². The minimum Gasteiger partial charge on any atom is -0.504 e. The summed E-state index contributed by atoms with van der Waals surface area (Å²) in [6.45, 7) is 4.77. The smallest absolute Gasteiger partial charge is 0.170 e. The molecule has 1 aromatic heterocycles. The zero-order valence-corrected chi connectivity index (χ0v) is 21.2. The van der Waals surface area contributed by atoms with Crippen molar-refractivity contribution >= 4 is 34.0 Å². The van der Waals surface area contributed by atoms with Crippen molar-refractivity contribution in [1.82, 2.24) is 9.88 Å². The van der Waals surface area contributed by atoms with Gasteiger partial charge in [-0.1, -0.05) is 17.7 Å². The number of aromatic nitrogens is 1. The number of pyridine rings is 1. The van der Waals surface area contributed by atoms with Crippen molar-refractivity contribution in [2.45, 2.75) is 51.1 Å². The molecule has 1 saturated heterocycles. The van der Waals surface area contributed by atoms with Gasteiger partial charge >= 0.3 is 0 Å². The molecule has 1 saturated carbocycles. The number of nitrogens with zero attached hydrogens (tertiary/aromatic N) is 2. The highest BCUT2D eigenvalue weighted by Crippen LogP contribution is 2.37. The van der Waals surface area contributed by atoms with Gasteiger partial charge in [0.2, 0.25) is 0 Å². The topological polar surface area (TPSA) is 91.5 Å². The molecule has 0 bridgehead atoms. The number of carbonyl (C=O) groups excluding carboxylic acids is 1. The summed E-state index contributed by atoms with van der Waals surface area (Å²) in [5.41, 5.74) is 9.40. The minimum absolute atomic E-state index is 0.0493. The van der Waals surface area contributed by atoms with Gasteiger partial charge in [0.05, 0.1) is 21.8 Å². The summed E-state index contributed by atoms with van der Waals surface area (Å²) in [6, 6.07) is 8.96. The van der Waals surface area contributed by atoms with Crippen LogP contribution in [0, 0.1) is 11.7 Å². The van der Waals surface area contributed by atoms with Gasteiger partial charge in [-0.2, -0.15) is 0 Å². The first-order valence-electron chi connectivity index (χ1n) is 12.6. The number of benzene rings is 2. The summed E-state index contributed by atoms with van der Waals surface area (Å²) in [5, 5.41) is 14.1. The number of nitrogens with two attached hydrogens (primary N) is 1. The van der Waals surface area contributed by atoms with E-state index in [9.17, 15) is 14.3 Å². The predicted molar refractivity (Wildman–Crippen MR) is 142 cm³/mol. The zero-order chi connectivity index (χ0) is 25.4. The molecule has 2 aromatic carbocycles. The van der Waals surface area contributed by atoms with Gasteiger partial charge in [0.25, 0.3) is 0 Å². The Morgan fingerprint density at radius 3 is 2.64 bits per heavy atom. The van der Waals surface area contributed by atoms with E-state index in [2.05, 4.69) is 15.2 Å². The number of hydrogen-bond donors (Lipinski definition) is 3. The number of rotatable bonds is 6. The highest BCUT2D eigenvalue weighted by atomic mass is 35.5. The van der Waals surface area contributed by atoms with Crippen LogP contribution in [0.25, 0.3) is 22.0 Å². The average molecular weight is 511 g/mol. The Kier molecular flexibility index (Phi) is 7.15.